The maximum Gasteiger partial charge on any atom is 0.150 e. The molecule has 1 fully saturated rings. The Hall–Kier alpha value is -1.67. The van der Waals surface area contributed by atoms with Gasteiger partial charge in [0.05, 0.1) is 6.54 Å². The maximum atomic E-state index is 12.0. The normalized spacial score (nSPS) is 14.7. The van der Waals surface area contributed by atoms with E-state index in [1.54, 1.807) is 0 Å². The fourth-order valence-electron chi connectivity index (χ4n) is 2.46. The summed E-state index contributed by atoms with van der Waals surface area (Å²) in [6, 6.07) is 14.4. The zero-order valence-corrected chi connectivity index (χ0v) is 11.1. The summed E-state index contributed by atoms with van der Waals surface area (Å²) in [5.74, 6) is 1.10. The van der Waals surface area contributed by atoms with Gasteiger partial charge in [-0.1, -0.05) is 42.5 Å². The number of carbonyl (C=O) groups is 1. The third kappa shape index (κ3) is 3.21. The molecule has 3 rings (SSSR count). The molecule has 0 amide bonds. The molecule has 2 aromatic rings. The van der Waals surface area contributed by atoms with Crippen LogP contribution in [0.25, 0.3) is 10.8 Å². The molecule has 0 radical (unpaired) electrons. The van der Waals surface area contributed by atoms with E-state index in [0.717, 1.165) is 18.0 Å². The Labute approximate surface area is 113 Å². The van der Waals surface area contributed by atoms with Crippen LogP contribution < -0.4 is 5.32 Å². The molecule has 2 heteroatoms. The van der Waals surface area contributed by atoms with Crippen molar-refractivity contribution in [2.24, 2.45) is 5.92 Å². The minimum Gasteiger partial charge on any atom is -0.310 e. The van der Waals surface area contributed by atoms with E-state index >= 15 is 0 Å². The van der Waals surface area contributed by atoms with Crippen LogP contribution in [0.15, 0.2) is 42.5 Å². The fraction of sp³-hybridized carbons (Fsp3) is 0.353. The number of fused-ring (bicyclic) bond motifs is 1. The van der Waals surface area contributed by atoms with E-state index in [2.05, 4.69) is 29.6 Å². The quantitative estimate of drug-likeness (QED) is 0.857. The first-order valence-corrected chi connectivity index (χ1v) is 7.02. The first kappa shape index (κ1) is 12.4. The van der Waals surface area contributed by atoms with E-state index in [4.69, 9.17) is 0 Å². The average molecular weight is 253 g/mol. The van der Waals surface area contributed by atoms with Gasteiger partial charge in [-0.3, -0.25) is 4.79 Å². The predicted octanol–water partition coefficient (Wildman–Crippen LogP) is 2.95. The second-order valence-corrected chi connectivity index (χ2v) is 5.43. The lowest BCUT2D eigenvalue weighted by Crippen LogP contribution is -2.26. The van der Waals surface area contributed by atoms with Gasteiger partial charge in [0.25, 0.3) is 0 Å². The summed E-state index contributed by atoms with van der Waals surface area (Å²) in [7, 11) is 0. The molecule has 0 unspecified atom stereocenters. The van der Waals surface area contributed by atoms with Crippen LogP contribution in [-0.2, 0) is 11.2 Å². The van der Waals surface area contributed by atoms with Crippen molar-refractivity contribution in [2.75, 3.05) is 13.1 Å². The van der Waals surface area contributed by atoms with Gasteiger partial charge in [0.2, 0.25) is 0 Å². The van der Waals surface area contributed by atoms with E-state index in [1.165, 1.54) is 23.6 Å². The SMILES string of the molecule is O=C(CNCC1CC1)Cc1cccc2ccccc12. The van der Waals surface area contributed by atoms with Crippen molar-refractivity contribution in [1.82, 2.24) is 5.32 Å². The van der Waals surface area contributed by atoms with Gasteiger partial charge < -0.3 is 5.32 Å². The third-order valence-corrected chi connectivity index (χ3v) is 3.72. The fourth-order valence-corrected chi connectivity index (χ4v) is 2.46. The average Bonchev–Trinajstić information content (AvgIpc) is 3.23. The molecule has 1 N–H and O–H groups in total. The highest BCUT2D eigenvalue weighted by atomic mass is 16.1. The van der Waals surface area contributed by atoms with E-state index in [9.17, 15) is 4.79 Å². The van der Waals surface area contributed by atoms with E-state index in [1.807, 2.05) is 18.2 Å². The van der Waals surface area contributed by atoms with E-state index < -0.39 is 0 Å². The van der Waals surface area contributed by atoms with Crippen molar-refractivity contribution in [2.45, 2.75) is 19.3 Å². The zero-order valence-electron chi connectivity index (χ0n) is 11.1. The van der Waals surface area contributed by atoms with Crippen molar-refractivity contribution in [3.05, 3.63) is 48.0 Å². The summed E-state index contributed by atoms with van der Waals surface area (Å²) in [6.07, 6.45) is 3.17. The van der Waals surface area contributed by atoms with Crippen molar-refractivity contribution in [3.63, 3.8) is 0 Å². The minimum absolute atomic E-state index is 0.275. The number of rotatable bonds is 6. The van der Waals surface area contributed by atoms with Crippen molar-refractivity contribution in [1.29, 1.82) is 0 Å². The Morgan fingerprint density at radius 2 is 1.89 bits per heavy atom. The molecular weight excluding hydrogens is 234 g/mol. The molecule has 1 aliphatic rings. The smallest absolute Gasteiger partial charge is 0.150 e. The number of hydrogen-bond acceptors (Lipinski definition) is 2. The van der Waals surface area contributed by atoms with Gasteiger partial charge in [-0.05, 0) is 41.6 Å². The molecule has 2 aromatic carbocycles. The Kier molecular flexibility index (Phi) is 3.60. The van der Waals surface area contributed by atoms with E-state index in [0.29, 0.717) is 13.0 Å². The largest absolute Gasteiger partial charge is 0.310 e. The van der Waals surface area contributed by atoms with Crippen molar-refractivity contribution < 1.29 is 4.79 Å². The van der Waals surface area contributed by atoms with Gasteiger partial charge in [-0.2, -0.15) is 0 Å². The molecule has 19 heavy (non-hydrogen) atoms. The van der Waals surface area contributed by atoms with E-state index in [-0.39, 0.29) is 5.78 Å². The van der Waals surface area contributed by atoms with Crippen LogP contribution in [0.4, 0.5) is 0 Å². The van der Waals surface area contributed by atoms with Gasteiger partial charge in [0.15, 0.2) is 5.78 Å². The van der Waals surface area contributed by atoms with Gasteiger partial charge in [0, 0.05) is 6.42 Å². The first-order valence-electron chi connectivity index (χ1n) is 7.02. The topological polar surface area (TPSA) is 29.1 Å². The molecule has 0 bridgehead atoms. The Morgan fingerprint density at radius 1 is 1.11 bits per heavy atom. The molecule has 2 nitrogen and oxygen atoms in total. The molecule has 0 aliphatic heterocycles. The molecular formula is C17H19NO. The van der Waals surface area contributed by atoms with Crippen LogP contribution in [0.5, 0.6) is 0 Å². The highest BCUT2D eigenvalue weighted by Crippen LogP contribution is 2.27. The van der Waals surface area contributed by atoms with Crippen LogP contribution in [0.2, 0.25) is 0 Å². The monoisotopic (exact) mass is 253 g/mol. The highest BCUT2D eigenvalue weighted by Gasteiger charge is 2.20. The summed E-state index contributed by atoms with van der Waals surface area (Å²) in [5, 5.41) is 5.67. The molecule has 0 aromatic heterocycles. The number of carbonyl (C=O) groups excluding carboxylic acids is 1. The molecule has 0 spiro atoms. The molecule has 98 valence electrons. The maximum absolute atomic E-state index is 12.0. The van der Waals surface area contributed by atoms with Crippen LogP contribution >= 0.6 is 0 Å². The number of ketones is 1. The number of Topliss-reactive ketones (excluding diaryl/α,β-unsaturated/α-hetero) is 1. The van der Waals surface area contributed by atoms with Gasteiger partial charge >= 0.3 is 0 Å². The summed E-state index contributed by atoms with van der Waals surface area (Å²) in [5.41, 5.74) is 1.14. The third-order valence-electron chi connectivity index (χ3n) is 3.72. The molecule has 1 aliphatic carbocycles. The van der Waals surface area contributed by atoms with Crippen LogP contribution in [0, 0.1) is 5.92 Å². The summed E-state index contributed by atoms with van der Waals surface area (Å²) >= 11 is 0. The van der Waals surface area contributed by atoms with Gasteiger partial charge in [0.1, 0.15) is 0 Å². The second kappa shape index (κ2) is 5.54. The zero-order chi connectivity index (χ0) is 13.1. The van der Waals surface area contributed by atoms with Gasteiger partial charge in [-0.15, -0.1) is 0 Å². The molecule has 1 saturated carbocycles. The summed E-state index contributed by atoms with van der Waals surface area (Å²) < 4.78 is 0. The Balaban J connectivity index is 1.64. The lowest BCUT2D eigenvalue weighted by molar-refractivity contribution is -0.117. The minimum atomic E-state index is 0.275. The lowest BCUT2D eigenvalue weighted by atomic mass is 10.0. The van der Waals surface area contributed by atoms with Crippen LogP contribution in [0.3, 0.4) is 0 Å². The highest BCUT2D eigenvalue weighted by molar-refractivity contribution is 5.91. The van der Waals surface area contributed by atoms with Crippen LogP contribution in [-0.4, -0.2) is 18.9 Å². The summed E-state index contributed by atoms with van der Waals surface area (Å²) in [6.45, 7) is 1.50. The number of benzene rings is 2. The number of nitrogens with one attached hydrogen (secondary N) is 1. The molecule has 0 atom stereocenters. The molecule has 0 saturated heterocycles. The van der Waals surface area contributed by atoms with Crippen LogP contribution in [0.1, 0.15) is 18.4 Å². The predicted molar refractivity (Wildman–Crippen MR) is 78.3 cm³/mol. The second-order valence-electron chi connectivity index (χ2n) is 5.43. The first-order chi connectivity index (χ1) is 9.33. The lowest BCUT2D eigenvalue weighted by Gasteiger charge is -2.07. The number of hydrogen-bond donors (Lipinski definition) is 1. The Morgan fingerprint density at radius 3 is 2.74 bits per heavy atom. The standard InChI is InChI=1S/C17H19NO/c19-16(12-18-11-13-8-9-13)10-15-6-3-5-14-4-1-2-7-17(14)15/h1-7,13,18H,8-12H2. The summed E-state index contributed by atoms with van der Waals surface area (Å²) in [4.78, 5) is 12.0. The van der Waals surface area contributed by atoms with Gasteiger partial charge in [-0.25, -0.2) is 0 Å². The van der Waals surface area contributed by atoms with Crippen molar-refractivity contribution >= 4 is 16.6 Å². The Bertz CT molecular complexity index is 581. The molecule has 0 heterocycles. The van der Waals surface area contributed by atoms with Crippen molar-refractivity contribution in [3.8, 4) is 0 Å².